The van der Waals surface area contributed by atoms with Crippen LogP contribution >= 0.6 is 23.2 Å². The standard InChI is InChI=1S/C17H15Cl2NO7S/c1-24-12-5-6-14(17(19)16(12)18)28(22,23)20(8-15(21)25-2)10-3-4-11-13(7-10)27-9-26-11/h3-7H,8-9H2,1-2H3. The topological polar surface area (TPSA) is 91.4 Å². The maximum atomic E-state index is 13.3. The number of ether oxygens (including phenoxy) is 4. The van der Waals surface area contributed by atoms with Gasteiger partial charge in [0.1, 0.15) is 22.2 Å². The number of nitrogens with zero attached hydrogens (tertiary/aromatic N) is 1. The summed E-state index contributed by atoms with van der Waals surface area (Å²) in [6.07, 6.45) is 0. The molecule has 8 nitrogen and oxygen atoms in total. The third kappa shape index (κ3) is 3.65. The number of sulfonamides is 1. The van der Waals surface area contributed by atoms with Gasteiger partial charge in [-0.3, -0.25) is 9.10 Å². The molecule has 0 saturated heterocycles. The van der Waals surface area contributed by atoms with E-state index in [1.54, 1.807) is 6.07 Å². The molecule has 28 heavy (non-hydrogen) atoms. The lowest BCUT2D eigenvalue weighted by Crippen LogP contribution is -2.36. The summed E-state index contributed by atoms with van der Waals surface area (Å²) in [7, 11) is -1.76. The Morgan fingerprint density at radius 2 is 1.82 bits per heavy atom. The fourth-order valence-corrected chi connectivity index (χ4v) is 4.75. The second-order valence-corrected chi connectivity index (χ2v) is 8.11. The van der Waals surface area contributed by atoms with E-state index in [4.69, 9.17) is 37.4 Å². The summed E-state index contributed by atoms with van der Waals surface area (Å²) in [4.78, 5) is 11.6. The Balaban J connectivity index is 2.12. The van der Waals surface area contributed by atoms with Crippen LogP contribution in [0.1, 0.15) is 0 Å². The van der Waals surface area contributed by atoms with Crippen LogP contribution in [0.25, 0.3) is 0 Å². The number of benzene rings is 2. The van der Waals surface area contributed by atoms with Crippen molar-refractivity contribution in [2.24, 2.45) is 0 Å². The first-order chi connectivity index (χ1) is 13.3. The van der Waals surface area contributed by atoms with E-state index in [-0.39, 0.29) is 33.2 Å². The van der Waals surface area contributed by atoms with Crippen molar-refractivity contribution >= 4 is 44.9 Å². The molecule has 1 heterocycles. The lowest BCUT2D eigenvalue weighted by molar-refractivity contribution is -0.138. The number of anilines is 1. The largest absolute Gasteiger partial charge is 0.495 e. The van der Waals surface area contributed by atoms with E-state index in [2.05, 4.69) is 4.74 Å². The third-order valence-electron chi connectivity index (χ3n) is 3.94. The average molecular weight is 448 g/mol. The van der Waals surface area contributed by atoms with E-state index in [1.165, 1.54) is 31.4 Å². The van der Waals surface area contributed by atoms with Gasteiger partial charge in [-0.25, -0.2) is 8.42 Å². The van der Waals surface area contributed by atoms with Gasteiger partial charge >= 0.3 is 5.97 Å². The summed E-state index contributed by atoms with van der Waals surface area (Å²) in [6.45, 7) is -0.569. The highest BCUT2D eigenvalue weighted by molar-refractivity contribution is 7.93. The van der Waals surface area contributed by atoms with Crippen molar-refractivity contribution in [3.8, 4) is 17.2 Å². The number of halogens is 2. The molecule has 0 radical (unpaired) electrons. The van der Waals surface area contributed by atoms with Crippen LogP contribution in [-0.2, 0) is 19.6 Å². The Kier molecular flexibility index (Phi) is 5.78. The van der Waals surface area contributed by atoms with Gasteiger partial charge in [0.2, 0.25) is 6.79 Å². The highest BCUT2D eigenvalue weighted by Crippen LogP contribution is 2.40. The molecule has 2 aromatic rings. The number of carbonyl (C=O) groups excluding carboxylic acids is 1. The molecular weight excluding hydrogens is 433 g/mol. The minimum atomic E-state index is -4.29. The molecule has 0 aromatic heterocycles. The maximum Gasteiger partial charge on any atom is 0.326 e. The Hall–Kier alpha value is -2.36. The molecule has 11 heteroatoms. The lowest BCUT2D eigenvalue weighted by Gasteiger charge is -2.24. The smallest absolute Gasteiger partial charge is 0.326 e. The molecule has 0 aliphatic carbocycles. The molecule has 3 rings (SSSR count). The second-order valence-electron chi connectivity index (χ2n) is 5.52. The predicted octanol–water partition coefficient (Wildman–Crippen LogP) is 3.10. The van der Waals surface area contributed by atoms with Gasteiger partial charge in [-0.1, -0.05) is 23.2 Å². The number of methoxy groups -OCH3 is 2. The van der Waals surface area contributed by atoms with Crippen molar-refractivity contribution in [1.82, 2.24) is 0 Å². The van der Waals surface area contributed by atoms with Crippen LogP contribution in [0.3, 0.4) is 0 Å². The Morgan fingerprint density at radius 3 is 2.50 bits per heavy atom. The molecule has 0 atom stereocenters. The van der Waals surface area contributed by atoms with Crippen molar-refractivity contribution < 1.29 is 32.2 Å². The zero-order valence-corrected chi connectivity index (χ0v) is 17.1. The monoisotopic (exact) mass is 447 g/mol. The first-order valence-electron chi connectivity index (χ1n) is 7.80. The van der Waals surface area contributed by atoms with Crippen molar-refractivity contribution in [2.45, 2.75) is 4.90 Å². The van der Waals surface area contributed by atoms with Crippen molar-refractivity contribution in [3.63, 3.8) is 0 Å². The molecule has 0 bridgehead atoms. The van der Waals surface area contributed by atoms with Crippen LogP contribution in [0, 0.1) is 0 Å². The van der Waals surface area contributed by atoms with Gasteiger partial charge in [-0.05, 0) is 24.3 Å². The molecule has 2 aromatic carbocycles. The van der Waals surface area contributed by atoms with Crippen LogP contribution in [0.4, 0.5) is 5.69 Å². The Labute approximate surface area is 171 Å². The predicted molar refractivity (Wildman–Crippen MR) is 102 cm³/mol. The van der Waals surface area contributed by atoms with Crippen LogP contribution < -0.4 is 18.5 Å². The fourth-order valence-electron chi connectivity index (χ4n) is 2.53. The van der Waals surface area contributed by atoms with E-state index in [0.717, 1.165) is 11.4 Å². The van der Waals surface area contributed by atoms with E-state index in [0.29, 0.717) is 11.5 Å². The van der Waals surface area contributed by atoms with Crippen LogP contribution in [-0.4, -0.2) is 41.9 Å². The summed E-state index contributed by atoms with van der Waals surface area (Å²) in [6, 6.07) is 7.09. The van der Waals surface area contributed by atoms with Gasteiger partial charge in [0.05, 0.1) is 24.9 Å². The zero-order valence-electron chi connectivity index (χ0n) is 14.8. The quantitative estimate of drug-likeness (QED) is 0.628. The molecule has 0 saturated carbocycles. The molecule has 150 valence electrons. The lowest BCUT2D eigenvalue weighted by atomic mass is 10.3. The van der Waals surface area contributed by atoms with Gasteiger partial charge in [-0.15, -0.1) is 0 Å². The van der Waals surface area contributed by atoms with Crippen molar-refractivity contribution in [3.05, 3.63) is 40.4 Å². The molecule has 0 N–H and O–H groups in total. The van der Waals surface area contributed by atoms with E-state index in [9.17, 15) is 13.2 Å². The number of fused-ring (bicyclic) bond motifs is 1. The number of hydrogen-bond donors (Lipinski definition) is 0. The van der Waals surface area contributed by atoms with Crippen molar-refractivity contribution in [2.75, 3.05) is 31.9 Å². The minimum absolute atomic E-state index is 0.0163. The summed E-state index contributed by atoms with van der Waals surface area (Å²) >= 11 is 12.3. The van der Waals surface area contributed by atoms with E-state index < -0.39 is 22.5 Å². The first kappa shape index (κ1) is 20.4. The normalized spacial score (nSPS) is 12.6. The number of rotatable bonds is 6. The Bertz CT molecular complexity index is 1030. The first-order valence-corrected chi connectivity index (χ1v) is 10.0. The van der Waals surface area contributed by atoms with Crippen LogP contribution in [0.5, 0.6) is 17.2 Å². The van der Waals surface area contributed by atoms with Gasteiger partial charge in [-0.2, -0.15) is 0 Å². The molecular formula is C17H15Cl2NO7S. The average Bonchev–Trinajstić information content (AvgIpc) is 3.15. The van der Waals surface area contributed by atoms with Gasteiger partial charge < -0.3 is 18.9 Å². The molecule has 0 fully saturated rings. The van der Waals surface area contributed by atoms with Gasteiger partial charge in [0.15, 0.2) is 11.5 Å². The molecule has 0 amide bonds. The minimum Gasteiger partial charge on any atom is -0.495 e. The zero-order chi connectivity index (χ0) is 20.5. The van der Waals surface area contributed by atoms with Crippen LogP contribution in [0.2, 0.25) is 10.0 Å². The summed E-state index contributed by atoms with van der Waals surface area (Å²) in [5, 5.41) is -0.287. The summed E-state index contributed by atoms with van der Waals surface area (Å²) in [5.41, 5.74) is 0.164. The highest BCUT2D eigenvalue weighted by atomic mass is 35.5. The molecule has 1 aliphatic rings. The third-order valence-corrected chi connectivity index (χ3v) is 6.74. The Morgan fingerprint density at radius 1 is 1.11 bits per heavy atom. The molecule has 1 aliphatic heterocycles. The summed E-state index contributed by atoms with van der Waals surface area (Å²) in [5.74, 6) is 0.260. The van der Waals surface area contributed by atoms with Crippen molar-refractivity contribution in [1.29, 1.82) is 0 Å². The molecule has 0 unspecified atom stereocenters. The SMILES string of the molecule is COC(=O)CN(c1ccc2c(c1)OCO2)S(=O)(=O)c1ccc(OC)c(Cl)c1Cl. The summed E-state index contributed by atoms with van der Waals surface area (Å²) < 4.78 is 47.7. The number of carbonyl (C=O) groups is 1. The fraction of sp³-hybridized carbons (Fsp3) is 0.235. The molecule has 0 spiro atoms. The van der Waals surface area contributed by atoms with Gasteiger partial charge in [0.25, 0.3) is 10.0 Å². The number of esters is 1. The number of hydrogen-bond acceptors (Lipinski definition) is 7. The van der Waals surface area contributed by atoms with E-state index >= 15 is 0 Å². The highest BCUT2D eigenvalue weighted by Gasteiger charge is 2.32. The maximum absolute atomic E-state index is 13.3. The van der Waals surface area contributed by atoms with Gasteiger partial charge in [0, 0.05) is 6.07 Å². The second kappa shape index (κ2) is 7.94. The van der Waals surface area contributed by atoms with Crippen LogP contribution in [0.15, 0.2) is 35.2 Å². The van der Waals surface area contributed by atoms with E-state index in [1.807, 2.05) is 0 Å².